The Balaban J connectivity index is 0.00000744. The van der Waals surface area contributed by atoms with Crippen molar-refractivity contribution in [3.05, 3.63) is 75.4 Å². The Hall–Kier alpha value is -4.16. The molecule has 1 radical (unpaired) electrons. The molecule has 0 aliphatic carbocycles. The minimum atomic E-state index is -1.18. The number of aliphatic carboxylic acids is 1. The van der Waals surface area contributed by atoms with Crippen molar-refractivity contribution >= 4 is 68.9 Å². The Morgan fingerprint density at radius 3 is 2.36 bits per heavy atom. The molecule has 13 heteroatoms. The van der Waals surface area contributed by atoms with Crippen LogP contribution in [-0.4, -0.2) is 68.8 Å². The molecule has 3 N–H and O–H groups in total. The normalized spacial score (nSPS) is 15.4. The van der Waals surface area contributed by atoms with E-state index in [1.54, 1.807) is 24.8 Å². The topological polar surface area (TPSA) is 167 Å². The van der Waals surface area contributed by atoms with Crippen LogP contribution in [0.1, 0.15) is 141 Å². The minimum Gasteiger partial charge on any atom is -0.657 e. The fraction of sp³-hybridized carbons (Fsp3) is 0.489. The molecule has 5 rings (SSSR count). The first-order chi connectivity index (χ1) is 27.0. The maximum absolute atomic E-state index is 13.9. The number of carbonyl (C=O) groups excluding carboxylic acids is 1. The van der Waals surface area contributed by atoms with E-state index in [1.807, 2.05) is 52.8 Å². The standard InChI is InChI=1S/C45H59N5O6S.Cu/c1-11-29-25(5)33-20-35-27(7)31(13-14-40(52)53)42(49-35)32(19-39(51)46-16-18-57-23-45(9,10)15-17-56-24(3)4)43-41(44(54)55)28(8)36(50-43)22-38-30(12-2)26(6)34(48-38)21-37(29)47-33;/h11,20-22,24,27,31H,1,12-19,23H2,2-10H3,(H5,46,47,48,49,50,51,52,53,54,55);/q;+2/p-2. The molecule has 5 heterocycles. The Kier molecular flexibility index (Phi) is 15.8. The number of hydrogen-bond donors (Lipinski definition) is 3. The number of amides is 1. The van der Waals surface area contributed by atoms with Gasteiger partial charge in [-0.1, -0.05) is 69.7 Å². The number of carboxylic acids is 2. The van der Waals surface area contributed by atoms with Crippen LogP contribution in [0.5, 0.6) is 0 Å². The SMILES string of the molecule is C=Cc1c(C)c2cc3nc(c(CC(=O)NCCSCC(C)(C)CCOC(C)C)c4[n-]c(cc5nc(cc1[n-]2)C(C)=C5CC)c(C)c4C(=O)O)C(CCC(=O)O)C3C.[Cu+2]. The van der Waals surface area contributed by atoms with Crippen LogP contribution in [0.3, 0.4) is 0 Å². The Bertz CT molecular complexity index is 2250. The summed E-state index contributed by atoms with van der Waals surface area (Å²) < 4.78 is 5.75. The van der Waals surface area contributed by atoms with Gasteiger partial charge >= 0.3 is 29.0 Å². The van der Waals surface area contributed by atoms with Crippen LogP contribution in [0.25, 0.3) is 39.3 Å². The number of fused-ring (bicyclic) bond motifs is 8. The summed E-state index contributed by atoms with van der Waals surface area (Å²) in [5, 5.41) is 23.6. The third-order valence-electron chi connectivity index (χ3n) is 11.1. The van der Waals surface area contributed by atoms with Gasteiger partial charge in [-0.15, -0.1) is 22.1 Å². The summed E-state index contributed by atoms with van der Waals surface area (Å²) in [5.74, 6) is -1.53. The van der Waals surface area contributed by atoms with Gasteiger partial charge in [-0.3, -0.25) is 14.6 Å². The molecule has 3 aromatic rings. The maximum atomic E-state index is 13.9. The number of rotatable bonds is 17. The number of nitrogens with one attached hydrogen (secondary N) is 1. The van der Waals surface area contributed by atoms with Crippen LogP contribution in [0.2, 0.25) is 0 Å². The third-order valence-corrected chi connectivity index (χ3v) is 12.6. The number of carbonyl (C=O) groups is 3. The van der Waals surface area contributed by atoms with E-state index in [4.69, 9.17) is 24.7 Å². The van der Waals surface area contributed by atoms with Gasteiger partial charge in [0.05, 0.1) is 23.9 Å². The van der Waals surface area contributed by atoms with Crippen molar-refractivity contribution < 1.29 is 46.4 Å². The molecular formula is C45H57CuN5O6S. The first-order valence-corrected chi connectivity index (χ1v) is 21.0. The second kappa shape index (κ2) is 19.7. The van der Waals surface area contributed by atoms with Crippen LogP contribution in [0.15, 0.2) is 24.8 Å². The average molecular weight is 860 g/mol. The fourth-order valence-corrected chi connectivity index (χ4v) is 8.78. The van der Waals surface area contributed by atoms with Crippen LogP contribution in [0, 0.1) is 19.3 Å². The fourth-order valence-electron chi connectivity index (χ4n) is 7.69. The first-order valence-electron chi connectivity index (χ1n) is 19.9. The average Bonchev–Trinajstić information content (AvgIpc) is 3.82. The van der Waals surface area contributed by atoms with E-state index in [2.05, 4.69) is 32.7 Å². The van der Waals surface area contributed by atoms with Gasteiger partial charge in [0.2, 0.25) is 5.91 Å². The van der Waals surface area contributed by atoms with Gasteiger partial charge in [0.15, 0.2) is 0 Å². The number of hydrogen-bond acceptors (Lipinski definition) is 7. The molecule has 0 aromatic carbocycles. The zero-order chi connectivity index (χ0) is 41.8. The number of aromatic carboxylic acids is 1. The molecule has 58 heavy (non-hydrogen) atoms. The number of aryl methyl sites for hydroxylation is 2. The van der Waals surface area contributed by atoms with Gasteiger partial charge in [0, 0.05) is 54.1 Å². The Labute approximate surface area is 356 Å². The molecule has 0 saturated heterocycles. The molecule has 0 fully saturated rings. The van der Waals surface area contributed by atoms with Crippen LogP contribution < -0.4 is 15.3 Å². The van der Waals surface area contributed by atoms with E-state index in [-0.39, 0.29) is 70.8 Å². The van der Waals surface area contributed by atoms with Crippen molar-refractivity contribution in [3.63, 3.8) is 0 Å². The van der Waals surface area contributed by atoms with Crippen molar-refractivity contribution in [2.24, 2.45) is 5.41 Å². The Morgan fingerprint density at radius 2 is 1.72 bits per heavy atom. The summed E-state index contributed by atoms with van der Waals surface area (Å²) >= 11 is 1.76. The zero-order valence-electron chi connectivity index (χ0n) is 35.1. The van der Waals surface area contributed by atoms with Gasteiger partial charge in [0.1, 0.15) is 0 Å². The zero-order valence-corrected chi connectivity index (χ0v) is 36.9. The number of ether oxygens (including phenoxy) is 1. The van der Waals surface area contributed by atoms with Gasteiger partial charge in [0.25, 0.3) is 0 Å². The van der Waals surface area contributed by atoms with E-state index in [0.29, 0.717) is 64.6 Å². The molecule has 2 unspecified atom stereocenters. The van der Waals surface area contributed by atoms with Gasteiger partial charge in [-0.25, -0.2) is 9.78 Å². The van der Waals surface area contributed by atoms with Crippen molar-refractivity contribution in [3.8, 4) is 0 Å². The summed E-state index contributed by atoms with van der Waals surface area (Å²) in [7, 11) is 0. The predicted octanol–water partition coefficient (Wildman–Crippen LogP) is 8.85. The van der Waals surface area contributed by atoms with Crippen LogP contribution in [0.4, 0.5) is 0 Å². The number of nitrogens with zero attached hydrogens (tertiary/aromatic N) is 4. The third kappa shape index (κ3) is 10.5. The molecule has 2 aliphatic heterocycles. The van der Waals surface area contributed by atoms with Gasteiger partial charge < -0.3 is 30.2 Å². The summed E-state index contributed by atoms with van der Waals surface area (Å²) in [6.07, 6.45) is 3.51. The van der Waals surface area contributed by atoms with Gasteiger partial charge in [-0.2, -0.15) is 11.8 Å². The number of carboxylic acid groups (broad SMARTS) is 2. The quantitative estimate of drug-likeness (QED) is 0.0877. The minimum absolute atomic E-state index is 0. The van der Waals surface area contributed by atoms with Crippen molar-refractivity contribution in [1.82, 2.24) is 25.3 Å². The number of aromatic nitrogens is 4. The second-order valence-corrected chi connectivity index (χ2v) is 17.3. The molecule has 1 amide bonds. The van der Waals surface area contributed by atoms with Crippen molar-refractivity contribution in [2.45, 2.75) is 112 Å². The summed E-state index contributed by atoms with van der Waals surface area (Å²) in [6.45, 7) is 23.4. The van der Waals surface area contributed by atoms with Crippen molar-refractivity contribution in [1.29, 1.82) is 0 Å². The molecule has 11 nitrogen and oxygen atoms in total. The summed E-state index contributed by atoms with van der Waals surface area (Å²) in [4.78, 5) is 59.1. The monoisotopic (exact) mass is 858 g/mol. The smallest absolute Gasteiger partial charge is 0.657 e. The molecule has 0 spiro atoms. The first kappa shape index (κ1) is 46.5. The molecule has 2 atom stereocenters. The predicted molar refractivity (Wildman–Crippen MR) is 230 cm³/mol. The molecule has 0 saturated carbocycles. The molecular weight excluding hydrogens is 802 g/mol. The Morgan fingerprint density at radius 1 is 1.03 bits per heavy atom. The summed E-state index contributed by atoms with van der Waals surface area (Å²) in [5.41, 5.74) is 9.26. The van der Waals surface area contributed by atoms with E-state index in [0.717, 1.165) is 45.7 Å². The maximum Gasteiger partial charge on any atom is 2.00 e. The number of thioether (sulfide) groups is 1. The van der Waals surface area contributed by atoms with E-state index in [1.165, 1.54) is 0 Å². The number of allylic oxidation sites excluding steroid dienone is 2. The largest absolute Gasteiger partial charge is 2.00 e. The van der Waals surface area contributed by atoms with Crippen molar-refractivity contribution in [2.75, 3.05) is 24.7 Å². The molecule has 315 valence electrons. The second-order valence-electron chi connectivity index (χ2n) is 16.2. The molecule has 2 aliphatic rings. The van der Waals surface area contributed by atoms with E-state index in [9.17, 15) is 24.6 Å². The van der Waals surface area contributed by atoms with E-state index >= 15 is 0 Å². The van der Waals surface area contributed by atoms with Crippen LogP contribution in [-0.2, 0) is 37.8 Å². The molecule has 8 bridgehead atoms. The van der Waals surface area contributed by atoms with Gasteiger partial charge in [-0.05, 0) is 87.3 Å². The summed E-state index contributed by atoms with van der Waals surface area (Å²) in [6, 6.07) is 5.69. The van der Waals surface area contributed by atoms with E-state index < -0.39 is 17.9 Å². The molecule has 3 aromatic heterocycles. The van der Waals surface area contributed by atoms with Crippen LogP contribution >= 0.6 is 11.8 Å².